The Balaban J connectivity index is 1.76. The second kappa shape index (κ2) is 7.23. The number of para-hydroxylation sites is 1. The van der Waals surface area contributed by atoms with E-state index in [0.717, 1.165) is 22.6 Å². The van der Waals surface area contributed by atoms with Crippen molar-refractivity contribution in [1.29, 1.82) is 0 Å². The van der Waals surface area contributed by atoms with Gasteiger partial charge in [0.1, 0.15) is 5.69 Å². The smallest absolute Gasteiger partial charge is 0.108 e. The summed E-state index contributed by atoms with van der Waals surface area (Å²) in [7, 11) is 0. The third-order valence-electron chi connectivity index (χ3n) is 3.66. The molecule has 0 spiro atoms. The number of halogens is 2. The molecule has 3 aromatic carbocycles. The van der Waals surface area contributed by atoms with Crippen LogP contribution in [0.2, 0.25) is 5.02 Å². The van der Waals surface area contributed by atoms with Crippen molar-refractivity contribution < 1.29 is 4.48 Å². The van der Waals surface area contributed by atoms with Gasteiger partial charge in [0.05, 0.1) is 10.7 Å². The van der Waals surface area contributed by atoms with Gasteiger partial charge in [-0.05, 0) is 55.0 Å². The average Bonchev–Trinajstić information content (AvgIpc) is 2.61. The van der Waals surface area contributed by atoms with Crippen molar-refractivity contribution in [2.24, 2.45) is 0 Å². The molecule has 0 amide bonds. The lowest BCUT2D eigenvalue weighted by Gasteiger charge is -2.14. The van der Waals surface area contributed by atoms with E-state index in [2.05, 4.69) is 10.6 Å². The molecule has 0 radical (unpaired) electrons. The van der Waals surface area contributed by atoms with Gasteiger partial charge in [-0.1, -0.05) is 35.9 Å². The minimum atomic E-state index is 0.239. The summed E-state index contributed by atoms with van der Waals surface area (Å²) in [5.41, 5.74) is 6.12. The van der Waals surface area contributed by atoms with Crippen molar-refractivity contribution in [3.63, 3.8) is 0 Å². The highest BCUT2D eigenvalue weighted by molar-refractivity contribution is 6.34. The lowest BCUT2D eigenvalue weighted by Crippen LogP contribution is -1.97. The first-order chi connectivity index (χ1) is 11.7. The molecule has 122 valence electrons. The van der Waals surface area contributed by atoms with E-state index in [1.807, 2.05) is 67.6 Å². The lowest BCUT2D eigenvalue weighted by atomic mass is 10.2. The maximum Gasteiger partial charge on any atom is 0.108 e. The molecule has 0 atom stereocenters. The number of rotatable bonds is 5. The Labute approximate surface area is 145 Å². The van der Waals surface area contributed by atoms with E-state index >= 15 is 0 Å². The van der Waals surface area contributed by atoms with Crippen LogP contribution in [-0.2, 0) is 0 Å². The molecule has 0 saturated heterocycles. The van der Waals surface area contributed by atoms with Crippen molar-refractivity contribution in [3.8, 4) is 0 Å². The van der Waals surface area contributed by atoms with Crippen LogP contribution in [-0.4, -0.2) is 0 Å². The zero-order valence-corrected chi connectivity index (χ0v) is 13.9. The SMILES string of the molecule is Cc1ccc(Nc2ccc(Nc3ccccc3)cc2)c(NF)c1Cl. The van der Waals surface area contributed by atoms with E-state index < -0.39 is 0 Å². The van der Waals surface area contributed by atoms with Crippen LogP contribution in [0.5, 0.6) is 0 Å². The van der Waals surface area contributed by atoms with Gasteiger partial charge in [0.15, 0.2) is 0 Å². The van der Waals surface area contributed by atoms with Crippen molar-refractivity contribution in [1.82, 2.24) is 0 Å². The van der Waals surface area contributed by atoms with E-state index in [0.29, 0.717) is 10.7 Å². The molecular formula is C19H17ClFN3. The van der Waals surface area contributed by atoms with E-state index in [-0.39, 0.29) is 5.69 Å². The Morgan fingerprint density at radius 3 is 1.96 bits per heavy atom. The Morgan fingerprint density at radius 1 is 0.750 bits per heavy atom. The second-order valence-electron chi connectivity index (χ2n) is 5.41. The van der Waals surface area contributed by atoms with Crippen LogP contribution in [0.4, 0.5) is 32.9 Å². The summed E-state index contributed by atoms with van der Waals surface area (Å²) in [5, 5.41) is 6.85. The van der Waals surface area contributed by atoms with Crippen LogP contribution in [0.15, 0.2) is 66.7 Å². The molecule has 0 heterocycles. The van der Waals surface area contributed by atoms with Crippen LogP contribution >= 0.6 is 11.6 Å². The number of nitrogens with one attached hydrogen (secondary N) is 3. The topological polar surface area (TPSA) is 36.1 Å². The van der Waals surface area contributed by atoms with Gasteiger partial charge in [0, 0.05) is 17.1 Å². The average molecular weight is 342 g/mol. The highest BCUT2D eigenvalue weighted by Crippen LogP contribution is 2.35. The first kappa shape index (κ1) is 16.1. The quantitative estimate of drug-likeness (QED) is 0.468. The zero-order valence-electron chi connectivity index (χ0n) is 13.1. The summed E-state index contributed by atoms with van der Waals surface area (Å²) in [4.78, 5) is 0. The second-order valence-corrected chi connectivity index (χ2v) is 5.78. The maximum absolute atomic E-state index is 13.1. The fourth-order valence-electron chi connectivity index (χ4n) is 2.36. The molecular weight excluding hydrogens is 325 g/mol. The monoisotopic (exact) mass is 341 g/mol. The minimum absolute atomic E-state index is 0.239. The Bertz CT molecular complexity index is 820. The molecule has 3 aromatic rings. The minimum Gasteiger partial charge on any atom is -0.356 e. The molecule has 3 rings (SSSR count). The van der Waals surface area contributed by atoms with E-state index in [1.165, 1.54) is 0 Å². The number of hydrogen-bond acceptors (Lipinski definition) is 3. The van der Waals surface area contributed by atoms with E-state index in [1.54, 1.807) is 11.6 Å². The highest BCUT2D eigenvalue weighted by Gasteiger charge is 2.10. The Morgan fingerprint density at radius 2 is 1.33 bits per heavy atom. The van der Waals surface area contributed by atoms with Gasteiger partial charge in [-0.25, -0.2) is 5.54 Å². The van der Waals surface area contributed by atoms with Gasteiger partial charge in [-0.3, -0.25) is 0 Å². The van der Waals surface area contributed by atoms with Crippen LogP contribution in [0.1, 0.15) is 5.56 Å². The molecule has 5 heteroatoms. The molecule has 0 unspecified atom stereocenters. The van der Waals surface area contributed by atoms with Crippen LogP contribution in [0.3, 0.4) is 0 Å². The maximum atomic E-state index is 13.1. The highest BCUT2D eigenvalue weighted by atomic mass is 35.5. The van der Waals surface area contributed by atoms with Crippen molar-refractivity contribution in [2.75, 3.05) is 16.2 Å². The molecule has 0 saturated carbocycles. The molecule has 0 aliphatic carbocycles. The first-order valence-corrected chi connectivity index (χ1v) is 7.90. The number of anilines is 5. The largest absolute Gasteiger partial charge is 0.356 e. The van der Waals surface area contributed by atoms with E-state index in [4.69, 9.17) is 11.6 Å². The third-order valence-corrected chi connectivity index (χ3v) is 4.14. The summed E-state index contributed by atoms with van der Waals surface area (Å²) < 4.78 is 13.1. The van der Waals surface area contributed by atoms with E-state index in [9.17, 15) is 4.48 Å². The molecule has 0 aliphatic heterocycles. The van der Waals surface area contributed by atoms with Gasteiger partial charge in [0.2, 0.25) is 0 Å². The molecule has 0 fully saturated rings. The molecule has 24 heavy (non-hydrogen) atoms. The normalized spacial score (nSPS) is 10.3. The predicted octanol–water partition coefficient (Wildman–Crippen LogP) is 6.43. The summed E-state index contributed by atoms with van der Waals surface area (Å²) >= 11 is 6.13. The predicted molar refractivity (Wildman–Crippen MR) is 100 cm³/mol. The van der Waals surface area contributed by atoms with Gasteiger partial charge in [-0.2, -0.15) is 0 Å². The number of benzene rings is 3. The summed E-state index contributed by atoms with van der Waals surface area (Å²) in [6.45, 7) is 1.83. The Hall–Kier alpha value is -2.72. The van der Waals surface area contributed by atoms with Gasteiger partial charge in [0.25, 0.3) is 0 Å². The summed E-state index contributed by atoms with van der Waals surface area (Å²) in [6.07, 6.45) is 0. The van der Waals surface area contributed by atoms with Crippen LogP contribution < -0.4 is 16.2 Å². The fraction of sp³-hybridized carbons (Fsp3) is 0.0526. The molecule has 3 N–H and O–H groups in total. The summed E-state index contributed by atoms with van der Waals surface area (Å²) in [6, 6.07) is 21.3. The summed E-state index contributed by atoms with van der Waals surface area (Å²) in [5.74, 6) is 0. The molecule has 0 bridgehead atoms. The third kappa shape index (κ3) is 3.60. The molecule has 3 nitrogen and oxygen atoms in total. The Kier molecular flexibility index (Phi) is 4.87. The van der Waals surface area contributed by atoms with Crippen molar-refractivity contribution in [2.45, 2.75) is 6.92 Å². The standard InChI is InChI=1S/C19H17ClFN3/c1-13-7-12-17(19(24-21)18(13)20)23-16-10-8-15(9-11-16)22-14-5-3-2-4-6-14/h2-12,22-24H,1H3. The van der Waals surface area contributed by atoms with Crippen molar-refractivity contribution in [3.05, 3.63) is 77.3 Å². The number of aryl methyl sites for hydroxylation is 1. The molecule has 0 aromatic heterocycles. The first-order valence-electron chi connectivity index (χ1n) is 7.52. The molecule has 0 aliphatic rings. The van der Waals surface area contributed by atoms with Gasteiger partial charge >= 0.3 is 0 Å². The van der Waals surface area contributed by atoms with Crippen LogP contribution in [0, 0.1) is 6.92 Å². The number of hydrogen-bond donors (Lipinski definition) is 3. The lowest BCUT2D eigenvalue weighted by molar-refractivity contribution is 0.618. The van der Waals surface area contributed by atoms with Crippen molar-refractivity contribution >= 4 is 40.0 Å². The van der Waals surface area contributed by atoms with Gasteiger partial charge < -0.3 is 10.6 Å². The zero-order chi connectivity index (χ0) is 16.9. The fourth-order valence-corrected chi connectivity index (χ4v) is 2.56. The van der Waals surface area contributed by atoms with Gasteiger partial charge in [-0.15, -0.1) is 4.48 Å². The van der Waals surface area contributed by atoms with Crippen LogP contribution in [0.25, 0.3) is 0 Å².